The fraction of sp³-hybridized carbons (Fsp3) is 0.524. The molecule has 0 fully saturated rings. The summed E-state index contributed by atoms with van der Waals surface area (Å²) in [6.45, 7) is 6.21. The van der Waals surface area contributed by atoms with Crippen LogP contribution in [0.1, 0.15) is 52.8 Å². The van der Waals surface area contributed by atoms with Crippen molar-refractivity contribution in [1.82, 2.24) is 20.0 Å². The number of nitrogens with one attached hydrogen (secondary N) is 1. The van der Waals surface area contributed by atoms with Crippen LogP contribution in [0.4, 0.5) is 13.2 Å². The number of esters is 1. The molecule has 1 aliphatic heterocycles. The van der Waals surface area contributed by atoms with Crippen LogP contribution in [-0.2, 0) is 30.4 Å². The predicted molar refractivity (Wildman–Crippen MR) is 106 cm³/mol. The zero-order valence-electron chi connectivity index (χ0n) is 17.4. The number of aromatic nitrogens is 2. The SMILES string of the molecule is CCOC(=O)c1c2c(nn1CCNC(C)c1cccc(C(F)(F)F)c1)CCN(C)C2. The van der Waals surface area contributed by atoms with Gasteiger partial charge in [0.05, 0.1) is 24.4 Å². The molecular formula is C21H27F3N4O2. The van der Waals surface area contributed by atoms with Crippen LogP contribution in [0.25, 0.3) is 0 Å². The van der Waals surface area contributed by atoms with Crippen LogP contribution in [0.15, 0.2) is 24.3 Å². The molecular weight excluding hydrogens is 397 g/mol. The highest BCUT2D eigenvalue weighted by Gasteiger charge is 2.31. The van der Waals surface area contributed by atoms with E-state index in [4.69, 9.17) is 4.74 Å². The second kappa shape index (κ2) is 9.18. The molecule has 0 spiro atoms. The Hall–Kier alpha value is -2.39. The van der Waals surface area contributed by atoms with Crippen molar-refractivity contribution in [3.8, 4) is 0 Å². The molecule has 2 heterocycles. The number of rotatable bonds is 7. The minimum Gasteiger partial charge on any atom is -0.461 e. The Labute approximate surface area is 174 Å². The Morgan fingerprint density at radius 3 is 2.83 bits per heavy atom. The van der Waals surface area contributed by atoms with Crippen LogP contribution in [0.2, 0.25) is 0 Å². The Morgan fingerprint density at radius 2 is 2.13 bits per heavy atom. The molecule has 164 valence electrons. The van der Waals surface area contributed by atoms with Gasteiger partial charge in [-0.2, -0.15) is 18.3 Å². The van der Waals surface area contributed by atoms with E-state index in [1.54, 1.807) is 17.7 Å². The maximum absolute atomic E-state index is 12.9. The Morgan fingerprint density at radius 1 is 1.37 bits per heavy atom. The molecule has 0 amide bonds. The molecule has 2 aromatic rings. The van der Waals surface area contributed by atoms with Crippen LogP contribution in [0, 0.1) is 0 Å². The van der Waals surface area contributed by atoms with Crippen LogP contribution in [0.5, 0.6) is 0 Å². The fourth-order valence-corrected chi connectivity index (χ4v) is 3.64. The molecule has 0 saturated heterocycles. The van der Waals surface area contributed by atoms with Gasteiger partial charge in [-0.3, -0.25) is 4.68 Å². The lowest BCUT2D eigenvalue weighted by atomic mass is 10.0. The predicted octanol–water partition coefficient (Wildman–Crippen LogP) is 3.42. The first-order chi connectivity index (χ1) is 14.2. The van der Waals surface area contributed by atoms with Crippen molar-refractivity contribution >= 4 is 5.97 Å². The number of hydrogen-bond donors (Lipinski definition) is 1. The summed E-state index contributed by atoms with van der Waals surface area (Å²) in [5, 5.41) is 7.83. The first-order valence-corrected chi connectivity index (χ1v) is 10.1. The van der Waals surface area contributed by atoms with Crippen molar-refractivity contribution in [2.45, 2.75) is 45.6 Å². The van der Waals surface area contributed by atoms with Crippen molar-refractivity contribution < 1.29 is 22.7 Å². The number of likely N-dealkylation sites (N-methyl/N-ethyl adjacent to an activating group) is 1. The third-order valence-corrected chi connectivity index (χ3v) is 5.25. The highest BCUT2D eigenvalue weighted by Crippen LogP contribution is 2.30. The molecule has 1 aromatic carbocycles. The van der Waals surface area contributed by atoms with Crippen LogP contribution in [-0.4, -0.2) is 47.4 Å². The summed E-state index contributed by atoms with van der Waals surface area (Å²) in [6.07, 6.45) is -3.61. The van der Waals surface area contributed by atoms with Crippen LogP contribution in [0.3, 0.4) is 0 Å². The van der Waals surface area contributed by atoms with E-state index in [1.807, 2.05) is 14.0 Å². The average molecular weight is 424 g/mol. The van der Waals surface area contributed by atoms with E-state index < -0.39 is 17.7 Å². The number of alkyl halides is 3. The topological polar surface area (TPSA) is 59.4 Å². The van der Waals surface area contributed by atoms with E-state index in [9.17, 15) is 18.0 Å². The zero-order valence-corrected chi connectivity index (χ0v) is 17.4. The summed E-state index contributed by atoms with van der Waals surface area (Å²) < 4.78 is 45.7. The van der Waals surface area contributed by atoms with Crippen molar-refractivity contribution in [2.24, 2.45) is 0 Å². The van der Waals surface area contributed by atoms with Crippen LogP contribution >= 0.6 is 0 Å². The summed E-state index contributed by atoms with van der Waals surface area (Å²) in [4.78, 5) is 14.7. The fourth-order valence-electron chi connectivity index (χ4n) is 3.64. The van der Waals surface area contributed by atoms with E-state index in [1.165, 1.54) is 6.07 Å². The lowest BCUT2D eigenvalue weighted by Gasteiger charge is -2.21. The lowest BCUT2D eigenvalue weighted by Crippen LogP contribution is -2.28. The largest absolute Gasteiger partial charge is 0.461 e. The summed E-state index contributed by atoms with van der Waals surface area (Å²) >= 11 is 0. The van der Waals surface area contributed by atoms with Gasteiger partial charge in [-0.05, 0) is 38.6 Å². The number of hydrogen-bond acceptors (Lipinski definition) is 5. The molecule has 9 heteroatoms. The summed E-state index contributed by atoms with van der Waals surface area (Å²) in [7, 11) is 1.99. The third kappa shape index (κ3) is 5.02. The molecule has 0 bridgehead atoms. The number of carbonyl (C=O) groups excluding carboxylic acids is 1. The smallest absolute Gasteiger partial charge is 0.416 e. The summed E-state index contributed by atoms with van der Waals surface area (Å²) in [5.74, 6) is -0.396. The van der Waals surface area contributed by atoms with Gasteiger partial charge in [-0.1, -0.05) is 12.1 Å². The number of carbonyl (C=O) groups is 1. The van der Waals surface area contributed by atoms with Gasteiger partial charge in [0.25, 0.3) is 0 Å². The Bertz CT molecular complexity index is 895. The van der Waals surface area contributed by atoms with Gasteiger partial charge in [0.2, 0.25) is 0 Å². The van der Waals surface area contributed by atoms with Crippen molar-refractivity contribution in [3.63, 3.8) is 0 Å². The molecule has 0 saturated carbocycles. The zero-order chi connectivity index (χ0) is 21.9. The first kappa shape index (κ1) is 22.3. The summed E-state index contributed by atoms with van der Waals surface area (Å²) in [5.41, 5.74) is 2.15. The monoisotopic (exact) mass is 424 g/mol. The highest BCUT2D eigenvalue weighted by molar-refractivity contribution is 5.89. The van der Waals surface area contributed by atoms with Gasteiger partial charge >= 0.3 is 12.1 Å². The van der Waals surface area contributed by atoms with Gasteiger partial charge in [0, 0.05) is 37.7 Å². The van der Waals surface area contributed by atoms with E-state index in [-0.39, 0.29) is 12.6 Å². The van der Waals surface area contributed by atoms with E-state index in [0.717, 1.165) is 36.4 Å². The molecule has 1 aliphatic rings. The van der Waals surface area contributed by atoms with Crippen molar-refractivity contribution in [2.75, 3.05) is 26.7 Å². The van der Waals surface area contributed by atoms with Gasteiger partial charge in [-0.25, -0.2) is 4.79 Å². The van der Waals surface area contributed by atoms with Gasteiger partial charge in [-0.15, -0.1) is 0 Å². The van der Waals surface area contributed by atoms with Gasteiger partial charge < -0.3 is 15.0 Å². The second-order valence-corrected chi connectivity index (χ2v) is 7.50. The van der Waals surface area contributed by atoms with E-state index >= 15 is 0 Å². The average Bonchev–Trinajstić information content (AvgIpc) is 3.05. The molecule has 6 nitrogen and oxygen atoms in total. The van der Waals surface area contributed by atoms with Crippen molar-refractivity contribution in [3.05, 3.63) is 52.3 Å². The molecule has 1 aromatic heterocycles. The number of fused-ring (bicyclic) bond motifs is 1. The Balaban J connectivity index is 1.71. The normalized spacial score (nSPS) is 15.7. The molecule has 30 heavy (non-hydrogen) atoms. The highest BCUT2D eigenvalue weighted by atomic mass is 19.4. The van der Waals surface area contributed by atoms with E-state index in [2.05, 4.69) is 15.3 Å². The van der Waals surface area contributed by atoms with E-state index in [0.29, 0.717) is 30.9 Å². The summed E-state index contributed by atoms with van der Waals surface area (Å²) in [6, 6.07) is 5.01. The third-order valence-electron chi connectivity index (χ3n) is 5.25. The van der Waals surface area contributed by atoms with Crippen molar-refractivity contribution in [1.29, 1.82) is 0 Å². The maximum Gasteiger partial charge on any atom is 0.416 e. The quantitative estimate of drug-likeness (QED) is 0.691. The Kier molecular flexibility index (Phi) is 6.82. The molecule has 0 aliphatic carbocycles. The maximum atomic E-state index is 12.9. The first-order valence-electron chi connectivity index (χ1n) is 10.1. The number of benzene rings is 1. The second-order valence-electron chi connectivity index (χ2n) is 7.50. The molecule has 3 rings (SSSR count). The van der Waals surface area contributed by atoms with Crippen LogP contribution < -0.4 is 5.32 Å². The minimum absolute atomic E-state index is 0.277. The van der Waals surface area contributed by atoms with Gasteiger partial charge in [0.15, 0.2) is 5.69 Å². The molecule has 1 atom stereocenters. The molecule has 1 unspecified atom stereocenters. The molecule has 0 radical (unpaired) electrons. The number of halogens is 3. The minimum atomic E-state index is -4.37. The lowest BCUT2D eigenvalue weighted by molar-refractivity contribution is -0.137. The van der Waals surface area contributed by atoms with Gasteiger partial charge in [0.1, 0.15) is 0 Å². The standard InChI is InChI=1S/C21H27F3N4O2/c1-4-30-20(29)19-17-13-27(3)10-8-18(17)26-28(19)11-9-25-14(2)15-6-5-7-16(12-15)21(22,23)24/h5-7,12,14,25H,4,8-11,13H2,1-3H3. The molecule has 1 N–H and O–H groups in total. The number of ether oxygens (including phenoxy) is 1. The number of nitrogens with zero attached hydrogens (tertiary/aromatic N) is 3.